The molecule has 0 saturated heterocycles. The Labute approximate surface area is 126 Å². The molecule has 1 heteroatoms. The van der Waals surface area contributed by atoms with Gasteiger partial charge in [0.25, 0.3) is 0 Å². The van der Waals surface area contributed by atoms with Crippen molar-refractivity contribution in [2.75, 3.05) is 0 Å². The van der Waals surface area contributed by atoms with Gasteiger partial charge in [-0.3, -0.25) is 0 Å². The second kappa shape index (κ2) is 8.16. The van der Waals surface area contributed by atoms with Crippen LogP contribution in [0.15, 0.2) is 59.1 Å². The van der Waals surface area contributed by atoms with E-state index in [1.807, 2.05) is 6.07 Å². The van der Waals surface area contributed by atoms with Crippen molar-refractivity contribution in [2.45, 2.75) is 39.5 Å². The largest absolute Gasteiger partial charge is 0.0622 e. The molecule has 0 N–H and O–H groups in total. The molecule has 0 fully saturated rings. The minimum Gasteiger partial charge on any atom is -0.0622 e. The van der Waals surface area contributed by atoms with E-state index in [9.17, 15) is 0 Å². The fourth-order valence-corrected chi connectivity index (χ4v) is 1.95. The van der Waals surface area contributed by atoms with Gasteiger partial charge in [-0.25, -0.2) is 0 Å². The van der Waals surface area contributed by atoms with E-state index in [0.29, 0.717) is 11.8 Å². The van der Waals surface area contributed by atoms with E-state index < -0.39 is 0 Å². The average molecular weight is 319 g/mol. The third-order valence-electron chi connectivity index (χ3n) is 3.00. The molecule has 19 heavy (non-hydrogen) atoms. The molecule has 2 aromatic rings. The minimum atomic E-state index is 0.632. The van der Waals surface area contributed by atoms with Crippen LogP contribution in [0.1, 0.15) is 50.7 Å². The van der Waals surface area contributed by atoms with Crippen molar-refractivity contribution < 1.29 is 0 Å². The number of hydrogen-bond acceptors (Lipinski definition) is 0. The number of rotatable bonds is 2. The van der Waals surface area contributed by atoms with Gasteiger partial charge in [0.05, 0.1) is 0 Å². The van der Waals surface area contributed by atoms with E-state index in [0.717, 1.165) is 4.47 Å². The Bertz CT molecular complexity index is 455. The number of halogens is 1. The van der Waals surface area contributed by atoms with E-state index in [4.69, 9.17) is 0 Å². The van der Waals surface area contributed by atoms with Crippen LogP contribution < -0.4 is 0 Å². The second-order valence-electron chi connectivity index (χ2n) is 5.27. The quantitative estimate of drug-likeness (QED) is 0.602. The summed E-state index contributed by atoms with van der Waals surface area (Å²) in [4.78, 5) is 0. The highest BCUT2D eigenvalue weighted by Crippen LogP contribution is 2.17. The molecule has 0 unspecified atom stereocenters. The van der Waals surface area contributed by atoms with Gasteiger partial charge in [0, 0.05) is 4.47 Å². The first-order valence-corrected chi connectivity index (χ1v) is 7.60. The topological polar surface area (TPSA) is 0 Å². The highest BCUT2D eigenvalue weighted by molar-refractivity contribution is 9.10. The van der Waals surface area contributed by atoms with Crippen molar-refractivity contribution >= 4 is 15.9 Å². The Kier molecular flexibility index (Phi) is 6.86. The number of hydrogen-bond donors (Lipinski definition) is 0. The lowest BCUT2D eigenvalue weighted by atomic mass is 10.0. The third-order valence-corrected chi connectivity index (χ3v) is 3.53. The van der Waals surface area contributed by atoms with Crippen LogP contribution >= 0.6 is 15.9 Å². The lowest BCUT2D eigenvalue weighted by Gasteiger charge is -2.03. The Morgan fingerprint density at radius 3 is 1.42 bits per heavy atom. The average Bonchev–Trinajstić information content (AvgIpc) is 2.41. The smallest absolute Gasteiger partial charge is 0.0175 e. The summed E-state index contributed by atoms with van der Waals surface area (Å²) in [6, 6.07) is 19.0. The minimum absolute atomic E-state index is 0.632. The second-order valence-corrected chi connectivity index (χ2v) is 6.19. The Balaban J connectivity index is 0.000000191. The van der Waals surface area contributed by atoms with Gasteiger partial charge < -0.3 is 0 Å². The van der Waals surface area contributed by atoms with Crippen LogP contribution in [0.5, 0.6) is 0 Å². The summed E-state index contributed by atoms with van der Waals surface area (Å²) in [5, 5.41) is 0. The fraction of sp³-hybridized carbons (Fsp3) is 0.333. The molecule has 102 valence electrons. The zero-order valence-corrected chi connectivity index (χ0v) is 13.8. The monoisotopic (exact) mass is 318 g/mol. The first-order chi connectivity index (χ1) is 9.00. The lowest BCUT2D eigenvalue weighted by molar-refractivity contribution is 0.866. The van der Waals surface area contributed by atoms with E-state index in [1.54, 1.807) is 0 Å². The molecule has 0 nitrogen and oxygen atoms in total. The SMILES string of the molecule is CC(C)c1ccc(Br)cc1.CC(C)c1ccccc1. The predicted octanol–water partition coefficient (Wildman–Crippen LogP) is 6.38. The molecule has 0 amide bonds. The van der Waals surface area contributed by atoms with Gasteiger partial charge in [-0.15, -0.1) is 0 Å². The zero-order valence-electron chi connectivity index (χ0n) is 12.2. The van der Waals surface area contributed by atoms with Crippen molar-refractivity contribution in [2.24, 2.45) is 0 Å². The van der Waals surface area contributed by atoms with Crippen LogP contribution in [0.3, 0.4) is 0 Å². The van der Waals surface area contributed by atoms with E-state index in [2.05, 4.69) is 92.2 Å². The Morgan fingerprint density at radius 2 is 1.05 bits per heavy atom. The summed E-state index contributed by atoms with van der Waals surface area (Å²) >= 11 is 3.39. The highest BCUT2D eigenvalue weighted by atomic mass is 79.9. The molecule has 0 saturated carbocycles. The van der Waals surface area contributed by atoms with Crippen LogP contribution in [0, 0.1) is 0 Å². The normalized spacial score (nSPS) is 10.3. The molecule has 0 heterocycles. The van der Waals surface area contributed by atoms with E-state index in [-0.39, 0.29) is 0 Å². The third kappa shape index (κ3) is 6.07. The molecule has 0 spiro atoms. The summed E-state index contributed by atoms with van der Waals surface area (Å²) in [6.07, 6.45) is 0. The highest BCUT2D eigenvalue weighted by Gasteiger charge is 1.96. The number of benzene rings is 2. The lowest BCUT2D eigenvalue weighted by Crippen LogP contribution is -1.84. The molecule has 0 aliphatic carbocycles. The van der Waals surface area contributed by atoms with Crippen LogP contribution in [0.2, 0.25) is 0 Å². The molecule has 0 aliphatic heterocycles. The van der Waals surface area contributed by atoms with Crippen LogP contribution in [-0.4, -0.2) is 0 Å². The van der Waals surface area contributed by atoms with Gasteiger partial charge >= 0.3 is 0 Å². The van der Waals surface area contributed by atoms with Gasteiger partial charge in [-0.05, 0) is 35.1 Å². The molecule has 2 rings (SSSR count). The van der Waals surface area contributed by atoms with Crippen molar-refractivity contribution in [3.63, 3.8) is 0 Å². The summed E-state index contributed by atoms with van der Waals surface area (Å²) in [5.74, 6) is 1.29. The molecule has 2 aromatic carbocycles. The first-order valence-electron chi connectivity index (χ1n) is 6.81. The maximum atomic E-state index is 3.39. The summed E-state index contributed by atoms with van der Waals surface area (Å²) in [6.45, 7) is 8.80. The van der Waals surface area contributed by atoms with Crippen molar-refractivity contribution in [1.82, 2.24) is 0 Å². The molecule has 0 atom stereocenters. The Morgan fingerprint density at radius 1 is 0.632 bits per heavy atom. The maximum absolute atomic E-state index is 3.39. The molecular weight excluding hydrogens is 296 g/mol. The summed E-state index contributed by atoms with van der Waals surface area (Å²) in [5.41, 5.74) is 2.81. The van der Waals surface area contributed by atoms with Crippen molar-refractivity contribution in [3.8, 4) is 0 Å². The molecule has 0 bridgehead atoms. The first kappa shape index (κ1) is 16.0. The summed E-state index contributed by atoms with van der Waals surface area (Å²) < 4.78 is 1.15. The predicted molar refractivity (Wildman–Crippen MR) is 88.8 cm³/mol. The molecular formula is C18H23Br. The van der Waals surface area contributed by atoms with Gasteiger partial charge in [-0.2, -0.15) is 0 Å². The molecule has 0 aliphatic rings. The van der Waals surface area contributed by atoms with Gasteiger partial charge in [-0.1, -0.05) is 86.1 Å². The van der Waals surface area contributed by atoms with Crippen molar-refractivity contribution in [1.29, 1.82) is 0 Å². The maximum Gasteiger partial charge on any atom is 0.0175 e. The van der Waals surface area contributed by atoms with E-state index in [1.165, 1.54) is 11.1 Å². The van der Waals surface area contributed by atoms with Gasteiger partial charge in [0.1, 0.15) is 0 Å². The zero-order chi connectivity index (χ0) is 14.3. The Hall–Kier alpha value is -1.08. The van der Waals surface area contributed by atoms with Crippen LogP contribution in [0.25, 0.3) is 0 Å². The van der Waals surface area contributed by atoms with Gasteiger partial charge in [0.15, 0.2) is 0 Å². The fourth-order valence-electron chi connectivity index (χ4n) is 1.69. The van der Waals surface area contributed by atoms with Crippen LogP contribution in [0.4, 0.5) is 0 Å². The van der Waals surface area contributed by atoms with Gasteiger partial charge in [0.2, 0.25) is 0 Å². The van der Waals surface area contributed by atoms with E-state index >= 15 is 0 Å². The van der Waals surface area contributed by atoms with Crippen molar-refractivity contribution in [3.05, 3.63) is 70.2 Å². The summed E-state index contributed by atoms with van der Waals surface area (Å²) in [7, 11) is 0. The molecule has 0 radical (unpaired) electrons. The van der Waals surface area contributed by atoms with Crippen LogP contribution in [-0.2, 0) is 0 Å². The standard InChI is InChI=1S/C9H11Br.C9H12/c1-7(2)8-3-5-9(10)6-4-8;1-8(2)9-6-4-3-5-7-9/h3-7H,1-2H3;3-8H,1-2H3. The molecule has 0 aromatic heterocycles.